The number of hydrogen-bond acceptors (Lipinski definition) is 0. The van der Waals surface area contributed by atoms with Crippen molar-refractivity contribution in [3.63, 3.8) is 0 Å². The molecule has 166 valence electrons. The maximum absolute atomic E-state index is 4.19. The van der Waals surface area contributed by atoms with E-state index in [2.05, 4.69) is 143 Å². The summed E-state index contributed by atoms with van der Waals surface area (Å²) in [6, 6.07) is 40.7. The first-order valence-corrected chi connectivity index (χ1v) is 25.4. The third-order valence-corrected chi connectivity index (χ3v) is 33.5. The topological polar surface area (TPSA) is 0 Å². The van der Waals surface area contributed by atoms with Gasteiger partial charge in [-0.3, -0.25) is 0 Å². The van der Waals surface area contributed by atoms with E-state index < -0.39 is 18.0 Å². The summed E-state index contributed by atoms with van der Waals surface area (Å²) in [6.45, 7) is 0. The van der Waals surface area contributed by atoms with Gasteiger partial charge in [0.25, 0.3) is 0 Å². The Bertz CT molecular complexity index is 1400. The van der Waals surface area contributed by atoms with E-state index in [0.717, 1.165) is 0 Å². The van der Waals surface area contributed by atoms with Crippen LogP contribution in [0.1, 0.15) is 25.9 Å². The molecule has 0 saturated heterocycles. The second-order valence-electron chi connectivity index (χ2n) is 10.6. The van der Waals surface area contributed by atoms with Crippen LogP contribution in [-0.4, -0.2) is 3.26 Å². The molecule has 6 rings (SSSR count). The number of hydrogen-bond donors (Lipinski definition) is 0. The van der Waals surface area contributed by atoms with Crippen molar-refractivity contribution in [3.05, 3.63) is 156 Å². The Morgan fingerprint density at radius 3 is 1.41 bits per heavy atom. The molecule has 0 aromatic heterocycles. The van der Waals surface area contributed by atoms with Crippen LogP contribution in [0.5, 0.6) is 0 Å². The van der Waals surface area contributed by atoms with Crippen molar-refractivity contribution in [2.75, 3.05) is 0 Å². The minimum absolute atomic E-state index is 0.414. The zero-order valence-electron chi connectivity index (χ0n) is 19.9. The molecule has 0 aliphatic heterocycles. The van der Waals surface area contributed by atoms with E-state index >= 15 is 0 Å². The predicted molar refractivity (Wildman–Crippen MR) is 144 cm³/mol. The fourth-order valence-electron chi connectivity index (χ4n) is 6.93. The molecule has 0 N–H and O–H groups in total. The molecule has 2 aliphatic carbocycles. The van der Waals surface area contributed by atoms with E-state index in [0.29, 0.717) is 7.35 Å². The molecule has 4 aromatic rings. The van der Waals surface area contributed by atoms with Crippen molar-refractivity contribution in [1.29, 1.82) is 0 Å². The summed E-state index contributed by atoms with van der Waals surface area (Å²) in [6.07, 6.45) is 9.53. The summed E-state index contributed by atoms with van der Waals surface area (Å²) in [4.78, 5) is 0. The Labute approximate surface area is 203 Å². The van der Waals surface area contributed by atoms with Crippen LogP contribution in [0.4, 0.5) is 0 Å². The van der Waals surface area contributed by atoms with Crippen LogP contribution in [-0.2, 0) is 18.0 Å². The van der Waals surface area contributed by atoms with Gasteiger partial charge < -0.3 is 0 Å². The van der Waals surface area contributed by atoms with Gasteiger partial charge in [-0.2, -0.15) is 0 Å². The number of allylic oxidation sites excluding steroid dienone is 4. The molecule has 0 radical (unpaired) electrons. The zero-order valence-corrected chi connectivity index (χ0v) is 23.4. The van der Waals surface area contributed by atoms with Crippen molar-refractivity contribution in [2.24, 2.45) is 0 Å². The Balaban J connectivity index is 1.84. The SMILES string of the molecule is [CH3][Hf]([CH3])(=[C](c1ccccc1)c1ccccc1)([CH]1C=CC=C1)[CH]1c2ccccc2-c2ccccc21. The van der Waals surface area contributed by atoms with Gasteiger partial charge in [-0.05, 0) is 0 Å². The van der Waals surface area contributed by atoms with Gasteiger partial charge in [0, 0.05) is 0 Å². The van der Waals surface area contributed by atoms with Crippen LogP contribution in [0, 0.1) is 0 Å². The molecule has 1 heteroatoms. The van der Waals surface area contributed by atoms with E-state index in [1.54, 1.807) is 3.26 Å². The van der Waals surface area contributed by atoms with Crippen molar-refractivity contribution >= 4 is 3.26 Å². The van der Waals surface area contributed by atoms with Crippen LogP contribution in [0.2, 0.25) is 13.0 Å². The fraction of sp³-hybridized carbons (Fsp3) is 0.121. The van der Waals surface area contributed by atoms with Gasteiger partial charge in [-0.15, -0.1) is 0 Å². The molecule has 0 unspecified atom stereocenters. The van der Waals surface area contributed by atoms with Gasteiger partial charge >= 0.3 is 205 Å². The van der Waals surface area contributed by atoms with Crippen LogP contribution >= 0.6 is 0 Å². The van der Waals surface area contributed by atoms with Crippen molar-refractivity contribution < 1.29 is 18.0 Å². The average molecular weight is 605 g/mol. The third kappa shape index (κ3) is 3.10. The van der Waals surface area contributed by atoms with Gasteiger partial charge in [-0.1, -0.05) is 0 Å². The molecular weight excluding hydrogens is 575 g/mol. The molecule has 0 spiro atoms. The molecule has 0 heterocycles. The zero-order chi connectivity index (χ0) is 23.2. The summed E-state index contributed by atoms with van der Waals surface area (Å²) in [7, 11) is 0. The average Bonchev–Trinajstić information content (AvgIpc) is 3.54. The number of rotatable bonds is 4. The van der Waals surface area contributed by atoms with Gasteiger partial charge in [0.15, 0.2) is 0 Å². The molecule has 0 bridgehead atoms. The van der Waals surface area contributed by atoms with Crippen molar-refractivity contribution in [1.82, 2.24) is 0 Å². The van der Waals surface area contributed by atoms with E-state index in [-0.39, 0.29) is 0 Å². The monoisotopic (exact) mass is 606 g/mol. The molecule has 4 aromatic carbocycles. The number of benzene rings is 4. The van der Waals surface area contributed by atoms with E-state index in [9.17, 15) is 0 Å². The van der Waals surface area contributed by atoms with Crippen LogP contribution < -0.4 is 0 Å². The Hall–Kier alpha value is -2.90. The molecular formula is C33H30Hf. The van der Waals surface area contributed by atoms with Gasteiger partial charge in [0.2, 0.25) is 0 Å². The number of fused-ring (bicyclic) bond motifs is 3. The Morgan fingerprint density at radius 2 is 0.941 bits per heavy atom. The molecule has 34 heavy (non-hydrogen) atoms. The molecule has 0 amide bonds. The molecule has 2 aliphatic rings. The first-order valence-electron chi connectivity index (χ1n) is 12.3. The predicted octanol–water partition coefficient (Wildman–Crippen LogP) is 8.73. The quantitative estimate of drug-likeness (QED) is 0.204. The summed E-state index contributed by atoms with van der Waals surface area (Å²) in [5.41, 5.74) is 8.63. The summed E-state index contributed by atoms with van der Waals surface area (Å²) < 4.78 is 7.92. The molecule has 0 nitrogen and oxygen atoms in total. The molecule has 0 atom stereocenters. The van der Waals surface area contributed by atoms with Gasteiger partial charge in [-0.25, -0.2) is 0 Å². The summed E-state index contributed by atoms with van der Waals surface area (Å²) >= 11 is -4.19. The normalized spacial score (nSPS) is 15.4. The van der Waals surface area contributed by atoms with Crippen LogP contribution in [0.25, 0.3) is 11.1 Å². The molecule has 0 fully saturated rings. The fourth-order valence-corrected chi connectivity index (χ4v) is 32.0. The van der Waals surface area contributed by atoms with E-state index in [1.807, 2.05) is 0 Å². The van der Waals surface area contributed by atoms with Crippen molar-refractivity contribution in [3.8, 4) is 11.1 Å². The summed E-state index contributed by atoms with van der Waals surface area (Å²) in [5.74, 6) is 0. The standard InChI is InChI=1S/C13H9.C13H10.C5H5.2CH3.Hf/c1-3-7-12-10(5-1)9-11-6-2-4-8-13(11)12;1-3-7-12(8-4-1)11-13-9-5-2-6-10-13;1-2-4-5-3-1;;;/h1-9H;1-10H;1-5H;2*1H3;. The Kier molecular flexibility index (Phi) is 5.15. The van der Waals surface area contributed by atoms with E-state index in [1.165, 1.54) is 33.4 Å². The second kappa shape index (κ2) is 8.10. The van der Waals surface area contributed by atoms with E-state index in [4.69, 9.17) is 0 Å². The Morgan fingerprint density at radius 1 is 0.529 bits per heavy atom. The molecule has 0 saturated carbocycles. The third-order valence-electron chi connectivity index (χ3n) is 8.41. The van der Waals surface area contributed by atoms with Gasteiger partial charge in [0.05, 0.1) is 0 Å². The van der Waals surface area contributed by atoms with Gasteiger partial charge in [0.1, 0.15) is 0 Å². The summed E-state index contributed by atoms with van der Waals surface area (Å²) in [5, 5.41) is 0. The van der Waals surface area contributed by atoms with Crippen LogP contribution in [0.3, 0.4) is 0 Å². The van der Waals surface area contributed by atoms with Crippen LogP contribution in [0.15, 0.2) is 133 Å². The first-order chi connectivity index (χ1) is 16.6. The van der Waals surface area contributed by atoms with Crippen molar-refractivity contribution in [2.45, 2.75) is 16.7 Å². The second-order valence-corrected chi connectivity index (χ2v) is 35.6. The first kappa shape index (κ1) is 21.6. The maximum atomic E-state index is 2.72. The minimum atomic E-state index is -4.19.